The maximum atomic E-state index is 14.0. The molecule has 2 aromatic rings. The Morgan fingerprint density at radius 1 is 1.10 bits per heavy atom. The van der Waals surface area contributed by atoms with Crippen LogP contribution in [0.1, 0.15) is 36.1 Å². The number of rotatable bonds is 6. The fourth-order valence-corrected chi connectivity index (χ4v) is 2.34. The molecule has 0 saturated carbocycles. The first-order chi connectivity index (χ1) is 10.2. The van der Waals surface area contributed by atoms with Crippen molar-refractivity contribution in [1.82, 2.24) is 5.32 Å². The molecule has 0 heterocycles. The summed E-state index contributed by atoms with van der Waals surface area (Å²) in [5.41, 5.74) is 3.26. The molecule has 2 nitrogen and oxygen atoms in total. The van der Waals surface area contributed by atoms with E-state index in [0.717, 1.165) is 24.1 Å². The Bertz CT molecular complexity index is 580. The van der Waals surface area contributed by atoms with Gasteiger partial charge < -0.3 is 10.1 Å². The van der Waals surface area contributed by atoms with E-state index < -0.39 is 0 Å². The first-order valence-electron chi connectivity index (χ1n) is 7.29. The largest absolute Gasteiger partial charge is 0.494 e. The van der Waals surface area contributed by atoms with E-state index in [-0.39, 0.29) is 17.6 Å². The maximum absolute atomic E-state index is 14.0. The van der Waals surface area contributed by atoms with Crippen LogP contribution in [0.15, 0.2) is 42.5 Å². The third kappa shape index (κ3) is 3.82. The Hall–Kier alpha value is -1.87. The fraction of sp³-hybridized carbons (Fsp3) is 0.333. The normalized spacial score (nSPS) is 12.2. The summed E-state index contributed by atoms with van der Waals surface area (Å²) in [5, 5.41) is 3.48. The topological polar surface area (TPSA) is 21.3 Å². The third-order valence-electron chi connectivity index (χ3n) is 3.52. The van der Waals surface area contributed by atoms with Gasteiger partial charge in [-0.25, -0.2) is 4.39 Å². The van der Waals surface area contributed by atoms with Gasteiger partial charge in [0.2, 0.25) is 0 Å². The molecule has 0 aliphatic carbocycles. The second-order valence-corrected chi connectivity index (χ2v) is 5.19. The molecule has 2 aromatic carbocycles. The van der Waals surface area contributed by atoms with Gasteiger partial charge in [-0.2, -0.15) is 0 Å². The number of hydrogen-bond donors (Lipinski definition) is 1. The smallest absolute Gasteiger partial charge is 0.165 e. The van der Waals surface area contributed by atoms with Crippen LogP contribution in [0.4, 0.5) is 4.39 Å². The molecule has 3 heteroatoms. The third-order valence-corrected chi connectivity index (χ3v) is 3.52. The van der Waals surface area contributed by atoms with Crippen molar-refractivity contribution in [3.05, 3.63) is 65.0 Å². The summed E-state index contributed by atoms with van der Waals surface area (Å²) in [4.78, 5) is 0. The lowest BCUT2D eigenvalue weighted by atomic mass is 9.97. The SMILES string of the molecule is CCCNC(c1ccc(C)cc1)c1ccc(OC)c(F)c1. The number of benzene rings is 2. The van der Waals surface area contributed by atoms with Crippen LogP contribution in [0.3, 0.4) is 0 Å². The highest BCUT2D eigenvalue weighted by Crippen LogP contribution is 2.26. The Morgan fingerprint density at radius 2 is 1.76 bits per heavy atom. The standard InChI is InChI=1S/C18H22FNO/c1-4-11-20-18(14-7-5-13(2)6-8-14)15-9-10-17(21-3)16(19)12-15/h5-10,12,18,20H,4,11H2,1-3H3. The molecule has 0 amide bonds. The summed E-state index contributed by atoms with van der Waals surface area (Å²) < 4.78 is 18.9. The molecule has 1 N–H and O–H groups in total. The average molecular weight is 287 g/mol. The van der Waals surface area contributed by atoms with Crippen molar-refractivity contribution in [1.29, 1.82) is 0 Å². The average Bonchev–Trinajstić information content (AvgIpc) is 2.49. The molecule has 0 aromatic heterocycles. The van der Waals surface area contributed by atoms with Crippen LogP contribution >= 0.6 is 0 Å². The maximum Gasteiger partial charge on any atom is 0.165 e. The number of methoxy groups -OCH3 is 1. The van der Waals surface area contributed by atoms with Crippen LogP contribution in [0.2, 0.25) is 0 Å². The van der Waals surface area contributed by atoms with Gasteiger partial charge in [-0.1, -0.05) is 42.8 Å². The number of hydrogen-bond acceptors (Lipinski definition) is 2. The molecule has 1 unspecified atom stereocenters. The van der Waals surface area contributed by atoms with Gasteiger partial charge in [-0.3, -0.25) is 0 Å². The molecule has 21 heavy (non-hydrogen) atoms. The van der Waals surface area contributed by atoms with Crippen molar-refractivity contribution in [3.8, 4) is 5.75 Å². The minimum absolute atomic E-state index is 0.00837. The predicted molar refractivity (Wildman–Crippen MR) is 84.3 cm³/mol. The van der Waals surface area contributed by atoms with E-state index in [4.69, 9.17) is 4.74 Å². The van der Waals surface area contributed by atoms with Gasteiger partial charge in [-0.05, 0) is 43.1 Å². The molecule has 0 aliphatic rings. The molecule has 0 spiro atoms. The second kappa shape index (κ2) is 7.23. The molecular weight excluding hydrogens is 265 g/mol. The lowest BCUT2D eigenvalue weighted by molar-refractivity contribution is 0.385. The first kappa shape index (κ1) is 15.5. The molecule has 112 valence electrons. The van der Waals surface area contributed by atoms with Crippen molar-refractivity contribution < 1.29 is 9.13 Å². The molecule has 0 saturated heterocycles. The summed E-state index contributed by atoms with van der Waals surface area (Å²) >= 11 is 0. The molecule has 2 rings (SSSR count). The molecule has 1 atom stereocenters. The number of halogens is 1. The summed E-state index contributed by atoms with van der Waals surface area (Å²) in [7, 11) is 1.48. The van der Waals surface area contributed by atoms with Crippen LogP contribution in [0.5, 0.6) is 5.75 Å². The van der Waals surface area contributed by atoms with Crippen LogP contribution in [0, 0.1) is 12.7 Å². The lowest BCUT2D eigenvalue weighted by Gasteiger charge is -2.20. The quantitative estimate of drug-likeness (QED) is 0.858. The number of aryl methyl sites for hydroxylation is 1. The van der Waals surface area contributed by atoms with Crippen LogP contribution in [-0.2, 0) is 0 Å². The summed E-state index contributed by atoms with van der Waals surface area (Å²) in [5.74, 6) is -0.0534. The van der Waals surface area contributed by atoms with Crippen molar-refractivity contribution in [2.75, 3.05) is 13.7 Å². The highest BCUT2D eigenvalue weighted by Gasteiger charge is 2.15. The zero-order valence-corrected chi connectivity index (χ0v) is 12.8. The first-order valence-corrected chi connectivity index (χ1v) is 7.29. The molecule has 0 bridgehead atoms. The highest BCUT2D eigenvalue weighted by atomic mass is 19.1. The Labute approximate surface area is 126 Å². The van der Waals surface area contributed by atoms with E-state index >= 15 is 0 Å². The van der Waals surface area contributed by atoms with Gasteiger partial charge in [0.1, 0.15) is 0 Å². The van der Waals surface area contributed by atoms with Gasteiger partial charge in [0.25, 0.3) is 0 Å². The molecule has 0 radical (unpaired) electrons. The molecular formula is C18H22FNO. The highest BCUT2D eigenvalue weighted by molar-refractivity contribution is 5.37. The van der Waals surface area contributed by atoms with E-state index in [1.807, 2.05) is 6.07 Å². The van der Waals surface area contributed by atoms with Crippen molar-refractivity contribution in [2.24, 2.45) is 0 Å². The molecule has 0 fully saturated rings. The predicted octanol–water partition coefficient (Wildman–Crippen LogP) is 4.23. The Balaban J connectivity index is 2.35. The van der Waals surface area contributed by atoms with Crippen LogP contribution in [0.25, 0.3) is 0 Å². The van der Waals surface area contributed by atoms with E-state index in [2.05, 4.69) is 43.4 Å². The van der Waals surface area contributed by atoms with Crippen molar-refractivity contribution in [3.63, 3.8) is 0 Å². The monoisotopic (exact) mass is 287 g/mol. The van der Waals surface area contributed by atoms with E-state index in [9.17, 15) is 4.39 Å². The van der Waals surface area contributed by atoms with E-state index in [1.165, 1.54) is 12.7 Å². The van der Waals surface area contributed by atoms with Gasteiger partial charge in [0.05, 0.1) is 13.2 Å². The Morgan fingerprint density at radius 3 is 2.33 bits per heavy atom. The lowest BCUT2D eigenvalue weighted by Crippen LogP contribution is -2.23. The minimum atomic E-state index is -0.328. The van der Waals surface area contributed by atoms with Gasteiger partial charge in [-0.15, -0.1) is 0 Å². The van der Waals surface area contributed by atoms with Gasteiger partial charge in [0.15, 0.2) is 11.6 Å². The summed E-state index contributed by atoms with van der Waals surface area (Å²) in [6.07, 6.45) is 1.03. The fourth-order valence-electron chi connectivity index (χ4n) is 2.34. The number of nitrogens with one attached hydrogen (secondary N) is 1. The van der Waals surface area contributed by atoms with E-state index in [1.54, 1.807) is 12.1 Å². The summed E-state index contributed by atoms with van der Waals surface area (Å²) in [6.45, 7) is 5.06. The van der Waals surface area contributed by atoms with Crippen molar-refractivity contribution >= 4 is 0 Å². The Kier molecular flexibility index (Phi) is 5.34. The summed E-state index contributed by atoms with van der Waals surface area (Å²) in [6, 6.07) is 13.5. The zero-order chi connectivity index (χ0) is 15.2. The number of ether oxygens (including phenoxy) is 1. The van der Waals surface area contributed by atoms with Gasteiger partial charge in [0, 0.05) is 0 Å². The molecule has 0 aliphatic heterocycles. The minimum Gasteiger partial charge on any atom is -0.494 e. The van der Waals surface area contributed by atoms with E-state index in [0.29, 0.717) is 0 Å². The second-order valence-electron chi connectivity index (χ2n) is 5.19. The van der Waals surface area contributed by atoms with Crippen LogP contribution in [-0.4, -0.2) is 13.7 Å². The van der Waals surface area contributed by atoms with Crippen molar-refractivity contribution in [2.45, 2.75) is 26.3 Å². The zero-order valence-electron chi connectivity index (χ0n) is 12.8. The van der Waals surface area contributed by atoms with Crippen LogP contribution < -0.4 is 10.1 Å². The van der Waals surface area contributed by atoms with Gasteiger partial charge >= 0.3 is 0 Å².